The fourth-order valence-electron chi connectivity index (χ4n) is 2.32. The second-order valence-corrected chi connectivity index (χ2v) is 6.98. The summed E-state index contributed by atoms with van der Waals surface area (Å²) >= 11 is 0. The van der Waals surface area contributed by atoms with Crippen molar-refractivity contribution in [3.8, 4) is 5.75 Å². The second kappa shape index (κ2) is 6.01. The van der Waals surface area contributed by atoms with Crippen molar-refractivity contribution < 1.29 is 22.9 Å². The van der Waals surface area contributed by atoms with Crippen molar-refractivity contribution in [1.29, 1.82) is 0 Å². The van der Waals surface area contributed by atoms with E-state index in [9.17, 15) is 23.3 Å². The number of sulfonamides is 1. The molecule has 0 radical (unpaired) electrons. The molecule has 1 aliphatic rings. The summed E-state index contributed by atoms with van der Waals surface area (Å²) in [7, 11) is -2.70. The minimum atomic E-state index is -4.04. The summed E-state index contributed by atoms with van der Waals surface area (Å²) < 4.78 is 31.3. The first-order chi connectivity index (χ1) is 10.3. The van der Waals surface area contributed by atoms with Gasteiger partial charge >= 0.3 is 0 Å². The quantitative estimate of drug-likeness (QED) is 0.607. The Hall–Kier alpha value is -2.00. The van der Waals surface area contributed by atoms with Crippen molar-refractivity contribution in [2.75, 3.05) is 20.2 Å². The first kappa shape index (κ1) is 16.4. The molecule has 1 heterocycles. The monoisotopic (exact) mass is 328 g/mol. The molecule has 1 aliphatic heterocycles. The number of hydrogen-bond acceptors (Lipinski definition) is 6. The van der Waals surface area contributed by atoms with Gasteiger partial charge in [0.1, 0.15) is 11.5 Å². The van der Waals surface area contributed by atoms with Crippen LogP contribution in [0.4, 0.5) is 5.69 Å². The van der Waals surface area contributed by atoms with Gasteiger partial charge in [-0.15, -0.1) is 0 Å². The normalized spacial score (nSPS) is 19.9. The van der Waals surface area contributed by atoms with Gasteiger partial charge < -0.3 is 4.74 Å². The zero-order chi connectivity index (χ0) is 16.5. The largest absolute Gasteiger partial charge is 0.497 e. The number of ketones is 1. The molecule has 22 heavy (non-hydrogen) atoms. The number of methoxy groups -OCH3 is 1. The van der Waals surface area contributed by atoms with E-state index in [4.69, 9.17) is 4.74 Å². The standard InChI is InChI=1S/C13H16N2O6S/c1-9-8-14(6-5-12(9)16)22(19,20)13-4-3-10(21-2)7-11(13)15(17)18/h3-4,7,9H,5-6,8H2,1-2H3/t9-/m1/s1. The SMILES string of the molecule is COc1ccc(S(=O)(=O)N2CCC(=O)[C@H](C)C2)c([N+](=O)[O-])c1. The number of carbonyl (C=O) groups excluding carboxylic acids is 1. The zero-order valence-electron chi connectivity index (χ0n) is 12.2. The van der Waals surface area contributed by atoms with Gasteiger partial charge in [-0.3, -0.25) is 14.9 Å². The molecule has 9 heteroatoms. The molecule has 1 aromatic rings. The Bertz CT molecular complexity index is 715. The van der Waals surface area contributed by atoms with E-state index in [1.165, 1.54) is 13.2 Å². The Balaban J connectivity index is 2.45. The van der Waals surface area contributed by atoms with E-state index in [1.54, 1.807) is 6.92 Å². The molecule has 120 valence electrons. The molecule has 0 amide bonds. The third kappa shape index (κ3) is 2.95. The molecular weight excluding hydrogens is 312 g/mol. The molecule has 1 fully saturated rings. The highest BCUT2D eigenvalue weighted by Crippen LogP contribution is 2.31. The third-order valence-corrected chi connectivity index (χ3v) is 5.53. The van der Waals surface area contributed by atoms with E-state index >= 15 is 0 Å². The van der Waals surface area contributed by atoms with E-state index in [0.717, 1.165) is 16.4 Å². The van der Waals surface area contributed by atoms with Gasteiger partial charge in [0.25, 0.3) is 5.69 Å². The summed E-state index contributed by atoms with van der Waals surface area (Å²) in [6.07, 6.45) is 0.115. The minimum absolute atomic E-state index is 0.00400. The van der Waals surface area contributed by atoms with E-state index in [-0.39, 0.29) is 35.9 Å². The predicted octanol–water partition coefficient (Wildman–Crippen LogP) is 1.20. The lowest BCUT2D eigenvalue weighted by Crippen LogP contribution is -2.43. The summed E-state index contributed by atoms with van der Waals surface area (Å²) in [5, 5.41) is 11.1. The zero-order valence-corrected chi connectivity index (χ0v) is 13.0. The first-order valence-corrected chi connectivity index (χ1v) is 8.06. The van der Waals surface area contributed by atoms with Gasteiger partial charge in [0.15, 0.2) is 4.90 Å². The van der Waals surface area contributed by atoms with Crippen molar-refractivity contribution in [2.24, 2.45) is 5.92 Å². The van der Waals surface area contributed by atoms with Crippen molar-refractivity contribution in [3.05, 3.63) is 28.3 Å². The molecule has 0 saturated carbocycles. The molecule has 1 aromatic carbocycles. The molecule has 0 spiro atoms. The first-order valence-electron chi connectivity index (χ1n) is 6.62. The van der Waals surface area contributed by atoms with E-state index < -0.39 is 26.6 Å². The lowest BCUT2D eigenvalue weighted by molar-refractivity contribution is -0.387. The van der Waals surface area contributed by atoms with Crippen LogP contribution in [0, 0.1) is 16.0 Å². The molecular formula is C13H16N2O6S. The Morgan fingerprint density at radius 2 is 2.09 bits per heavy atom. The van der Waals surface area contributed by atoms with E-state index in [1.807, 2.05) is 0 Å². The lowest BCUT2D eigenvalue weighted by atomic mass is 10.0. The molecule has 0 aromatic heterocycles. The van der Waals surface area contributed by atoms with Gasteiger partial charge in [-0.25, -0.2) is 8.42 Å². The Labute approximate surface area is 127 Å². The third-order valence-electron chi connectivity index (χ3n) is 3.62. The van der Waals surface area contributed by atoms with Crippen molar-refractivity contribution in [1.82, 2.24) is 4.31 Å². The smallest absolute Gasteiger partial charge is 0.293 e. The molecule has 8 nitrogen and oxygen atoms in total. The van der Waals surface area contributed by atoms with Crippen LogP contribution in [0.1, 0.15) is 13.3 Å². The summed E-state index contributed by atoms with van der Waals surface area (Å²) in [6, 6.07) is 3.59. The van der Waals surface area contributed by atoms with Crippen molar-refractivity contribution >= 4 is 21.5 Å². The van der Waals surface area contributed by atoms with Crippen LogP contribution < -0.4 is 4.74 Å². The van der Waals surface area contributed by atoms with Crippen LogP contribution in [0.15, 0.2) is 23.1 Å². The highest BCUT2D eigenvalue weighted by atomic mass is 32.2. The van der Waals surface area contributed by atoms with Gasteiger partial charge in [-0.1, -0.05) is 6.92 Å². The van der Waals surface area contributed by atoms with Crippen LogP contribution in [0.25, 0.3) is 0 Å². The highest BCUT2D eigenvalue weighted by molar-refractivity contribution is 7.89. The van der Waals surface area contributed by atoms with Gasteiger partial charge in [0, 0.05) is 25.4 Å². The number of ether oxygens (including phenoxy) is 1. The summed E-state index contributed by atoms with van der Waals surface area (Å²) in [4.78, 5) is 21.5. The summed E-state index contributed by atoms with van der Waals surface area (Å²) in [6.45, 7) is 1.71. The number of hydrogen-bond donors (Lipinski definition) is 0. The number of benzene rings is 1. The van der Waals surface area contributed by atoms with E-state index in [2.05, 4.69) is 0 Å². The molecule has 0 aliphatic carbocycles. The molecule has 0 unspecified atom stereocenters. The van der Waals surface area contributed by atoms with Gasteiger partial charge in [-0.05, 0) is 12.1 Å². The summed E-state index contributed by atoms with van der Waals surface area (Å²) in [5.41, 5.74) is -0.538. The fraction of sp³-hybridized carbons (Fsp3) is 0.462. The molecule has 1 saturated heterocycles. The molecule has 0 N–H and O–H groups in total. The Kier molecular flexibility index (Phi) is 4.47. The van der Waals surface area contributed by atoms with Crippen LogP contribution >= 0.6 is 0 Å². The topological polar surface area (TPSA) is 107 Å². The van der Waals surface area contributed by atoms with Crippen LogP contribution in [-0.2, 0) is 14.8 Å². The maximum Gasteiger partial charge on any atom is 0.293 e. The van der Waals surface area contributed by atoms with Gasteiger partial charge in [0.2, 0.25) is 10.0 Å². The number of nitrogens with zero attached hydrogens (tertiary/aromatic N) is 2. The number of nitro benzene ring substituents is 1. The summed E-state index contributed by atoms with van der Waals surface area (Å²) in [5.74, 6) is -0.218. The number of nitro groups is 1. The number of Topliss-reactive ketones (excluding diaryl/α,β-unsaturated/α-hetero) is 1. The maximum atomic E-state index is 12.6. The van der Waals surface area contributed by atoms with Crippen molar-refractivity contribution in [3.63, 3.8) is 0 Å². The average Bonchev–Trinajstić information content (AvgIpc) is 2.49. The van der Waals surface area contributed by atoms with Crippen molar-refractivity contribution in [2.45, 2.75) is 18.2 Å². The molecule has 2 rings (SSSR count). The van der Waals surface area contributed by atoms with Gasteiger partial charge in [-0.2, -0.15) is 4.31 Å². The lowest BCUT2D eigenvalue weighted by Gasteiger charge is -2.29. The van der Waals surface area contributed by atoms with Crippen LogP contribution in [0.3, 0.4) is 0 Å². The van der Waals surface area contributed by atoms with E-state index in [0.29, 0.717) is 0 Å². The predicted molar refractivity (Wildman–Crippen MR) is 77.2 cm³/mol. The Morgan fingerprint density at radius 3 is 2.64 bits per heavy atom. The number of piperidine rings is 1. The fourth-order valence-corrected chi connectivity index (χ4v) is 3.99. The molecule has 0 bridgehead atoms. The number of rotatable bonds is 4. The van der Waals surface area contributed by atoms with Crippen LogP contribution in [0.5, 0.6) is 5.75 Å². The number of carbonyl (C=O) groups is 1. The van der Waals surface area contributed by atoms with Gasteiger partial charge in [0.05, 0.1) is 18.1 Å². The minimum Gasteiger partial charge on any atom is -0.497 e. The average molecular weight is 328 g/mol. The highest BCUT2D eigenvalue weighted by Gasteiger charge is 2.36. The maximum absolute atomic E-state index is 12.6. The second-order valence-electron chi connectivity index (χ2n) is 5.07. The Morgan fingerprint density at radius 1 is 1.41 bits per heavy atom. The molecule has 1 atom stereocenters. The van der Waals surface area contributed by atoms with Crippen LogP contribution in [0.2, 0.25) is 0 Å². The van der Waals surface area contributed by atoms with Crippen LogP contribution in [-0.4, -0.2) is 43.6 Å².